The van der Waals surface area contributed by atoms with Gasteiger partial charge < -0.3 is 9.74 Å². The van der Waals surface area contributed by atoms with E-state index in [4.69, 9.17) is 4.43 Å². The zero-order valence-electron chi connectivity index (χ0n) is 25.7. The highest BCUT2D eigenvalue weighted by Crippen LogP contribution is 2.37. The minimum absolute atomic E-state index is 0.0265. The van der Waals surface area contributed by atoms with E-state index < -0.39 is 8.32 Å². The number of benzene rings is 4. The van der Waals surface area contributed by atoms with Gasteiger partial charge in [-0.1, -0.05) is 168 Å². The van der Waals surface area contributed by atoms with E-state index in [1.807, 2.05) is 0 Å². The number of rotatable bonds is 12. The van der Waals surface area contributed by atoms with Gasteiger partial charge in [-0.3, -0.25) is 0 Å². The summed E-state index contributed by atoms with van der Waals surface area (Å²) in [6.07, 6.45) is 2.43. The molecule has 0 aliphatic carbocycles. The van der Waals surface area contributed by atoms with Gasteiger partial charge in [-0.15, -0.1) is 0 Å². The first-order valence-electron chi connectivity index (χ1n) is 15.0. The molecule has 0 aliphatic heterocycles. The quantitative estimate of drug-likeness (QED) is 0.139. The molecule has 2 nitrogen and oxygen atoms in total. The monoisotopic (exact) mass is 561 g/mol. The van der Waals surface area contributed by atoms with Gasteiger partial charge in [-0.25, -0.2) is 0 Å². The summed E-state index contributed by atoms with van der Waals surface area (Å²) in [7, 11) is -2.56. The molecule has 0 aliphatic rings. The molecule has 4 aromatic carbocycles. The normalized spacial score (nSPS) is 14.8. The van der Waals surface area contributed by atoms with Crippen LogP contribution in [0.15, 0.2) is 133 Å². The smallest absolute Gasteiger partial charge is 0.261 e. The van der Waals surface area contributed by atoms with Crippen LogP contribution in [0.1, 0.15) is 58.7 Å². The molecule has 1 N–H and O–H groups in total. The summed E-state index contributed by atoms with van der Waals surface area (Å²) in [5, 5.41) is 6.49. The van der Waals surface area contributed by atoms with Gasteiger partial charge in [0.25, 0.3) is 8.32 Å². The van der Waals surface area contributed by atoms with Crippen LogP contribution in [0.3, 0.4) is 0 Å². The predicted octanol–water partition coefficient (Wildman–Crippen LogP) is 8.31. The molecule has 0 radical (unpaired) electrons. The average Bonchev–Trinajstić information content (AvgIpc) is 2.99. The lowest BCUT2D eigenvalue weighted by Crippen LogP contribution is -2.66. The van der Waals surface area contributed by atoms with Gasteiger partial charge in [0, 0.05) is 19.2 Å². The third kappa shape index (κ3) is 7.54. The Bertz CT molecular complexity index is 1310. The first-order chi connectivity index (χ1) is 19.7. The molecule has 0 saturated carbocycles. The summed E-state index contributed by atoms with van der Waals surface area (Å²) < 4.78 is 7.24. The van der Waals surface area contributed by atoms with Gasteiger partial charge in [0.15, 0.2) is 0 Å². The van der Waals surface area contributed by atoms with E-state index in [1.54, 1.807) is 0 Å². The lowest BCUT2D eigenvalue weighted by atomic mass is 9.87. The van der Waals surface area contributed by atoms with Crippen molar-refractivity contribution in [2.24, 2.45) is 11.8 Å². The van der Waals surface area contributed by atoms with Crippen LogP contribution in [0, 0.1) is 11.8 Å². The van der Waals surface area contributed by atoms with Gasteiger partial charge in [0.1, 0.15) is 0 Å². The molecule has 0 saturated heterocycles. The number of hydrogen-bond donors (Lipinski definition) is 1. The van der Waals surface area contributed by atoms with Crippen molar-refractivity contribution in [1.29, 1.82) is 0 Å². The summed E-state index contributed by atoms with van der Waals surface area (Å²) in [6.45, 7) is 15.5. The van der Waals surface area contributed by atoms with Crippen molar-refractivity contribution < 1.29 is 4.43 Å². The standard InChI is InChI=1S/C38H47NOSi/c1-30(29-40-41(38(4,5)6,35-23-15-9-16-24-35)36-25-17-10-18-26-36)27-31(2)32(3)37(34-21-13-8-14-22-34)39-28-33-19-11-7-12-20-33/h7-27,30,32,37,39H,28-29H2,1-6H3/b31-27-/t30-,32-,37-/m0/s1. The van der Waals surface area contributed by atoms with Gasteiger partial charge >= 0.3 is 0 Å². The second kappa shape index (κ2) is 14.1. The Morgan fingerprint density at radius 3 is 1.68 bits per heavy atom. The summed E-state index contributed by atoms with van der Waals surface area (Å²) in [5.41, 5.74) is 4.01. The van der Waals surface area contributed by atoms with Crippen LogP contribution >= 0.6 is 0 Å². The Morgan fingerprint density at radius 1 is 0.732 bits per heavy atom. The van der Waals surface area contributed by atoms with Crippen molar-refractivity contribution in [2.75, 3.05) is 6.61 Å². The van der Waals surface area contributed by atoms with Crippen LogP contribution in [0.4, 0.5) is 0 Å². The van der Waals surface area contributed by atoms with Crippen molar-refractivity contribution in [2.45, 2.75) is 59.2 Å². The molecule has 0 bridgehead atoms. The average molecular weight is 562 g/mol. The van der Waals surface area contributed by atoms with Crippen molar-refractivity contribution in [1.82, 2.24) is 5.32 Å². The zero-order valence-corrected chi connectivity index (χ0v) is 26.7. The molecular formula is C38H47NOSi. The third-order valence-electron chi connectivity index (χ3n) is 8.27. The summed E-state index contributed by atoms with van der Waals surface area (Å²) >= 11 is 0. The zero-order chi connectivity index (χ0) is 29.3. The Morgan fingerprint density at radius 2 is 1.20 bits per heavy atom. The molecule has 4 aromatic rings. The molecule has 214 valence electrons. The van der Waals surface area contributed by atoms with E-state index in [2.05, 4.69) is 174 Å². The molecule has 3 atom stereocenters. The lowest BCUT2D eigenvalue weighted by molar-refractivity contribution is 0.266. The number of hydrogen-bond acceptors (Lipinski definition) is 2. The van der Waals surface area contributed by atoms with E-state index >= 15 is 0 Å². The molecule has 3 heteroatoms. The molecule has 0 aromatic heterocycles. The Balaban J connectivity index is 1.57. The van der Waals surface area contributed by atoms with E-state index in [0.717, 1.165) is 6.54 Å². The fraction of sp³-hybridized carbons (Fsp3) is 0.316. The Labute approximate surface area is 249 Å². The van der Waals surface area contributed by atoms with Gasteiger partial charge in [0.05, 0.1) is 0 Å². The van der Waals surface area contributed by atoms with Crippen molar-refractivity contribution in [3.05, 3.63) is 144 Å². The lowest BCUT2D eigenvalue weighted by Gasteiger charge is -2.43. The van der Waals surface area contributed by atoms with Crippen LogP contribution in [-0.2, 0) is 11.0 Å². The summed E-state index contributed by atoms with van der Waals surface area (Å²) in [4.78, 5) is 0. The third-order valence-corrected chi connectivity index (χ3v) is 13.3. The Kier molecular flexibility index (Phi) is 10.6. The molecule has 0 fully saturated rings. The minimum Gasteiger partial charge on any atom is -0.407 e. The maximum atomic E-state index is 7.24. The molecule has 41 heavy (non-hydrogen) atoms. The van der Waals surface area contributed by atoms with Crippen LogP contribution < -0.4 is 15.7 Å². The SMILES string of the molecule is C/C(=C/[C@H](C)CO[Si](c1ccccc1)(c1ccccc1)C(C)(C)C)[C@H](C)[C@H](NCc1ccccc1)c1ccccc1. The Hall–Kier alpha value is -3.24. The van der Waals surface area contributed by atoms with Crippen molar-refractivity contribution >= 4 is 18.7 Å². The topological polar surface area (TPSA) is 21.3 Å². The molecule has 0 amide bonds. The van der Waals surface area contributed by atoms with Gasteiger partial charge in [-0.2, -0.15) is 0 Å². The summed E-state index contributed by atoms with van der Waals surface area (Å²) in [5.74, 6) is 0.612. The maximum Gasteiger partial charge on any atom is 0.261 e. The second-order valence-electron chi connectivity index (χ2n) is 12.4. The highest BCUT2D eigenvalue weighted by Gasteiger charge is 2.50. The molecule has 4 rings (SSSR count). The van der Waals surface area contributed by atoms with E-state index in [9.17, 15) is 0 Å². The van der Waals surface area contributed by atoms with Crippen LogP contribution in [0.2, 0.25) is 5.04 Å². The molecule has 0 unspecified atom stereocenters. The van der Waals surface area contributed by atoms with Crippen molar-refractivity contribution in [3.8, 4) is 0 Å². The van der Waals surface area contributed by atoms with Crippen molar-refractivity contribution in [3.63, 3.8) is 0 Å². The van der Waals surface area contributed by atoms with Gasteiger partial charge in [0.2, 0.25) is 0 Å². The second-order valence-corrected chi connectivity index (χ2v) is 16.7. The highest BCUT2D eigenvalue weighted by atomic mass is 28.4. The first-order valence-corrected chi connectivity index (χ1v) is 16.9. The fourth-order valence-electron chi connectivity index (χ4n) is 6.00. The van der Waals surface area contributed by atoms with Crippen LogP contribution in [0.5, 0.6) is 0 Å². The predicted molar refractivity (Wildman–Crippen MR) is 178 cm³/mol. The minimum atomic E-state index is -2.56. The van der Waals surface area contributed by atoms with E-state index in [-0.39, 0.29) is 17.0 Å². The highest BCUT2D eigenvalue weighted by molar-refractivity contribution is 6.99. The largest absolute Gasteiger partial charge is 0.407 e. The first kappa shape index (κ1) is 30.7. The van der Waals surface area contributed by atoms with Gasteiger partial charge in [-0.05, 0) is 45.3 Å². The van der Waals surface area contributed by atoms with Crippen LogP contribution in [-0.4, -0.2) is 14.9 Å². The maximum absolute atomic E-state index is 7.24. The summed E-state index contributed by atoms with van der Waals surface area (Å²) in [6, 6.07) is 43.6. The fourth-order valence-corrected chi connectivity index (χ4v) is 10.7. The molecule has 0 spiro atoms. The van der Waals surface area contributed by atoms with E-state index in [1.165, 1.54) is 27.1 Å². The van der Waals surface area contributed by atoms with E-state index in [0.29, 0.717) is 12.5 Å². The van der Waals surface area contributed by atoms with Crippen LogP contribution in [0.25, 0.3) is 0 Å². The number of nitrogens with one attached hydrogen (secondary N) is 1. The molecule has 0 heterocycles. The molecular weight excluding hydrogens is 515 g/mol.